The molecule has 0 atom stereocenters. The quantitative estimate of drug-likeness (QED) is 0.174. The molecule has 0 saturated heterocycles. The van der Waals surface area contributed by atoms with E-state index in [9.17, 15) is 4.79 Å². The molecule has 34 heavy (non-hydrogen) atoms. The molecule has 0 saturated carbocycles. The van der Waals surface area contributed by atoms with Crippen molar-refractivity contribution in [3.05, 3.63) is 99.3 Å². The zero-order valence-corrected chi connectivity index (χ0v) is 21.2. The van der Waals surface area contributed by atoms with Crippen molar-refractivity contribution in [3.8, 4) is 28.4 Å². The number of rotatable bonds is 7. The molecular weight excluding hydrogens is 541 g/mol. The highest BCUT2D eigenvalue weighted by Crippen LogP contribution is 2.33. The fraction of sp³-hybridized carbons (Fsp3) is 0.111. The Hall–Kier alpha value is -3.59. The number of halogens is 1. The minimum absolute atomic E-state index is 0.287. The normalized spacial score (nSPS) is 10.9. The van der Waals surface area contributed by atoms with Gasteiger partial charge < -0.3 is 14.0 Å². The summed E-state index contributed by atoms with van der Waals surface area (Å²) in [4.78, 5) is 12.6. The Balaban J connectivity index is 1.49. The fourth-order valence-corrected chi connectivity index (χ4v) is 4.57. The highest BCUT2D eigenvalue weighted by Gasteiger charge is 2.12. The van der Waals surface area contributed by atoms with Crippen LogP contribution in [0.15, 0.2) is 84.0 Å². The summed E-state index contributed by atoms with van der Waals surface area (Å²) in [6.45, 7) is 2.07. The molecule has 0 spiro atoms. The Morgan fingerprint density at radius 3 is 2.38 bits per heavy atom. The number of benzene rings is 3. The lowest BCUT2D eigenvalue weighted by atomic mass is 10.1. The first-order chi connectivity index (χ1) is 16.5. The lowest BCUT2D eigenvalue weighted by molar-refractivity contribution is 0.0955. The van der Waals surface area contributed by atoms with Crippen LogP contribution in [0.25, 0.3) is 16.9 Å². The van der Waals surface area contributed by atoms with Gasteiger partial charge in [-0.25, -0.2) is 5.43 Å². The Labute approximate surface area is 212 Å². The van der Waals surface area contributed by atoms with Gasteiger partial charge in [0, 0.05) is 16.9 Å². The first kappa shape index (κ1) is 23.6. The van der Waals surface area contributed by atoms with Crippen LogP contribution in [0.1, 0.15) is 21.6 Å². The van der Waals surface area contributed by atoms with Crippen LogP contribution in [-0.2, 0) is 0 Å². The average molecular weight is 565 g/mol. The van der Waals surface area contributed by atoms with Gasteiger partial charge in [-0.05, 0) is 89.2 Å². The zero-order chi connectivity index (χ0) is 24.1. The molecule has 3 aromatic carbocycles. The number of carbonyl (C=O) groups excluding carboxylic acids is 1. The van der Waals surface area contributed by atoms with Gasteiger partial charge >= 0.3 is 0 Å². The van der Waals surface area contributed by atoms with Crippen LogP contribution in [0, 0.1) is 10.5 Å². The number of methoxy groups -OCH3 is 2. The molecule has 0 bridgehead atoms. The first-order valence-electron chi connectivity index (χ1n) is 10.6. The Morgan fingerprint density at radius 2 is 1.71 bits per heavy atom. The molecule has 4 rings (SSSR count). The zero-order valence-electron chi connectivity index (χ0n) is 19.1. The molecule has 0 radical (unpaired) electrons. The Bertz CT molecular complexity index is 1330. The maximum absolute atomic E-state index is 12.6. The van der Waals surface area contributed by atoms with E-state index in [1.807, 2.05) is 36.4 Å². The molecule has 0 aliphatic carbocycles. The average Bonchev–Trinajstić information content (AvgIpc) is 3.25. The van der Waals surface area contributed by atoms with Crippen molar-refractivity contribution in [1.29, 1.82) is 0 Å². The van der Waals surface area contributed by atoms with Crippen molar-refractivity contribution in [3.63, 3.8) is 0 Å². The third kappa shape index (κ3) is 4.99. The third-order valence-electron chi connectivity index (χ3n) is 5.37. The molecule has 7 heteroatoms. The van der Waals surface area contributed by atoms with Gasteiger partial charge in [0.25, 0.3) is 5.91 Å². The Kier molecular flexibility index (Phi) is 7.32. The van der Waals surface area contributed by atoms with Gasteiger partial charge in [-0.3, -0.25) is 4.79 Å². The minimum Gasteiger partial charge on any atom is -0.493 e. The van der Waals surface area contributed by atoms with E-state index in [4.69, 9.17) is 9.47 Å². The van der Waals surface area contributed by atoms with Crippen molar-refractivity contribution < 1.29 is 14.3 Å². The number of nitrogens with zero attached hydrogens (tertiary/aromatic N) is 2. The number of aromatic nitrogens is 1. The van der Waals surface area contributed by atoms with Crippen molar-refractivity contribution in [2.75, 3.05) is 14.2 Å². The van der Waals surface area contributed by atoms with Crippen molar-refractivity contribution in [1.82, 2.24) is 9.99 Å². The molecule has 1 aromatic heterocycles. The topological polar surface area (TPSA) is 64.8 Å². The maximum Gasteiger partial charge on any atom is 0.271 e. The van der Waals surface area contributed by atoms with Crippen molar-refractivity contribution >= 4 is 34.7 Å². The predicted molar refractivity (Wildman–Crippen MR) is 143 cm³/mol. The molecule has 4 aromatic rings. The second-order valence-corrected chi connectivity index (χ2v) is 8.71. The van der Waals surface area contributed by atoms with Crippen molar-refractivity contribution in [2.24, 2.45) is 5.10 Å². The van der Waals surface area contributed by atoms with Gasteiger partial charge in [0.2, 0.25) is 0 Å². The van der Waals surface area contributed by atoms with Crippen LogP contribution in [-0.4, -0.2) is 30.9 Å². The summed E-state index contributed by atoms with van der Waals surface area (Å²) in [5.74, 6) is 0.983. The van der Waals surface area contributed by atoms with Gasteiger partial charge in [0.15, 0.2) is 11.5 Å². The number of hydrogen-bond donors (Lipinski definition) is 1. The standard InChI is InChI=1S/C27H24IN3O3/c1-18-9-14-24(20-7-5-4-6-8-20)31(18)22-12-10-21(11-13-22)27(32)30-29-17-19-15-23(28)26(34-3)25(16-19)33-2/h4-17H,1-3H3,(H,30,32)/b29-17+. The molecular formula is C27H24IN3O3. The molecule has 6 nitrogen and oxygen atoms in total. The number of hydrazone groups is 1. The van der Waals surface area contributed by atoms with Gasteiger partial charge in [0.05, 0.1) is 29.7 Å². The SMILES string of the molecule is COc1cc(/C=N/NC(=O)c2ccc(-n3c(C)ccc3-c3ccccc3)cc2)cc(I)c1OC. The molecule has 1 N–H and O–H groups in total. The van der Waals surface area contributed by atoms with E-state index in [1.165, 1.54) is 0 Å². The summed E-state index contributed by atoms with van der Waals surface area (Å²) < 4.78 is 13.8. The first-order valence-corrected chi connectivity index (χ1v) is 11.7. The third-order valence-corrected chi connectivity index (χ3v) is 6.17. The van der Waals surface area contributed by atoms with E-state index in [2.05, 4.69) is 68.9 Å². The Morgan fingerprint density at radius 1 is 0.971 bits per heavy atom. The van der Waals surface area contributed by atoms with E-state index in [-0.39, 0.29) is 5.91 Å². The van der Waals surface area contributed by atoms with Crippen LogP contribution in [0.4, 0.5) is 0 Å². The summed E-state index contributed by atoms with van der Waals surface area (Å²) in [5.41, 5.74) is 8.23. The van der Waals surface area contributed by atoms with Crippen molar-refractivity contribution in [2.45, 2.75) is 6.92 Å². The lowest BCUT2D eigenvalue weighted by Crippen LogP contribution is -2.17. The monoisotopic (exact) mass is 565 g/mol. The lowest BCUT2D eigenvalue weighted by Gasteiger charge is -2.13. The number of ether oxygens (including phenoxy) is 2. The van der Waals surface area contributed by atoms with Crippen LogP contribution in [0.2, 0.25) is 0 Å². The largest absolute Gasteiger partial charge is 0.493 e. The van der Waals surface area contributed by atoms with Crippen LogP contribution < -0.4 is 14.9 Å². The smallest absolute Gasteiger partial charge is 0.271 e. The van der Waals surface area contributed by atoms with Gasteiger partial charge in [0.1, 0.15) is 0 Å². The van der Waals surface area contributed by atoms with E-state index in [1.54, 1.807) is 38.6 Å². The second kappa shape index (κ2) is 10.6. The number of aryl methyl sites for hydroxylation is 1. The number of amides is 1. The minimum atomic E-state index is -0.287. The summed E-state index contributed by atoms with van der Waals surface area (Å²) in [7, 11) is 3.18. The molecule has 0 aliphatic rings. The van der Waals surface area contributed by atoms with Crippen LogP contribution in [0.3, 0.4) is 0 Å². The van der Waals surface area contributed by atoms with E-state index in [0.717, 1.165) is 31.8 Å². The second-order valence-electron chi connectivity index (χ2n) is 7.55. The number of nitrogens with one attached hydrogen (secondary N) is 1. The number of hydrogen-bond acceptors (Lipinski definition) is 4. The molecule has 1 amide bonds. The van der Waals surface area contributed by atoms with Crippen LogP contribution >= 0.6 is 22.6 Å². The highest BCUT2D eigenvalue weighted by molar-refractivity contribution is 14.1. The van der Waals surface area contributed by atoms with Gasteiger partial charge in [-0.2, -0.15) is 5.10 Å². The van der Waals surface area contributed by atoms with Crippen LogP contribution in [0.5, 0.6) is 11.5 Å². The summed E-state index contributed by atoms with van der Waals surface area (Å²) >= 11 is 2.17. The van der Waals surface area contributed by atoms with E-state index in [0.29, 0.717) is 17.1 Å². The maximum atomic E-state index is 12.6. The fourth-order valence-electron chi connectivity index (χ4n) is 3.72. The highest BCUT2D eigenvalue weighted by atomic mass is 127. The predicted octanol–water partition coefficient (Wildman–Crippen LogP) is 5.84. The van der Waals surface area contributed by atoms with E-state index < -0.39 is 0 Å². The summed E-state index contributed by atoms with van der Waals surface area (Å²) in [6, 6.07) is 25.6. The van der Waals surface area contributed by atoms with E-state index >= 15 is 0 Å². The molecule has 0 fully saturated rings. The van der Waals surface area contributed by atoms with Gasteiger partial charge in [-0.1, -0.05) is 30.3 Å². The summed E-state index contributed by atoms with van der Waals surface area (Å²) in [6.07, 6.45) is 1.58. The molecule has 0 unspecified atom stereocenters. The molecule has 0 aliphatic heterocycles. The molecule has 1 heterocycles. The molecule has 172 valence electrons. The number of carbonyl (C=O) groups is 1. The summed E-state index contributed by atoms with van der Waals surface area (Å²) in [5, 5.41) is 4.10. The van der Waals surface area contributed by atoms with Gasteiger partial charge in [-0.15, -0.1) is 0 Å².